The molecule has 0 radical (unpaired) electrons. The number of anilines is 1. The van der Waals surface area contributed by atoms with E-state index < -0.39 is 15.2 Å². The molecule has 1 atom stereocenters. The average molecular weight is 383 g/mol. The molecule has 0 spiro atoms. The number of unbranched alkanes of at least 4 members (excludes halogenated alkanes) is 1. The predicted molar refractivity (Wildman–Crippen MR) is 94.6 cm³/mol. The molecule has 0 heterocycles. The van der Waals surface area contributed by atoms with Gasteiger partial charge in [0, 0.05) is 30.6 Å². The fourth-order valence-electron chi connectivity index (χ4n) is 1.68. The Bertz CT molecular complexity index is 533. The molecule has 0 fully saturated rings. The zero-order valence-electron chi connectivity index (χ0n) is 13.4. The third-order valence-corrected chi connectivity index (χ3v) is 4.73. The average Bonchev–Trinajstić information content (AvgIpc) is 2.45. The van der Waals surface area contributed by atoms with E-state index in [-0.39, 0.29) is 31.2 Å². The molecule has 1 rings (SSSR count). The molecule has 0 amide bonds. The number of rotatable bonds is 8. The molecule has 0 aliphatic heterocycles. The third-order valence-electron chi connectivity index (χ3n) is 2.93. The van der Waals surface area contributed by atoms with Gasteiger partial charge < -0.3 is 36.8 Å². The van der Waals surface area contributed by atoms with Gasteiger partial charge in [-0.05, 0) is 37.0 Å². The van der Waals surface area contributed by atoms with Crippen LogP contribution in [0.2, 0.25) is 0 Å². The van der Waals surface area contributed by atoms with Gasteiger partial charge in [0.1, 0.15) is 0 Å². The number of hydrogen-bond acceptors (Lipinski definition) is 5. The molecule has 0 bridgehead atoms. The van der Waals surface area contributed by atoms with E-state index in [4.69, 9.17) is 36.8 Å². The van der Waals surface area contributed by atoms with Crippen LogP contribution in [0.25, 0.3) is 0 Å². The Morgan fingerprint density at radius 3 is 1.67 bits per heavy atom. The van der Waals surface area contributed by atoms with Crippen molar-refractivity contribution < 1.29 is 28.7 Å². The van der Waals surface area contributed by atoms with Crippen LogP contribution < -0.4 is 17.2 Å². The van der Waals surface area contributed by atoms with Gasteiger partial charge in [-0.1, -0.05) is 12.1 Å². The molecule has 24 heavy (non-hydrogen) atoms. The summed E-state index contributed by atoms with van der Waals surface area (Å²) < 4.78 is 20.5. The quantitative estimate of drug-likeness (QED) is 0.187. The lowest BCUT2D eigenvalue weighted by Crippen LogP contribution is -2.31. The van der Waals surface area contributed by atoms with Crippen molar-refractivity contribution in [2.24, 2.45) is 11.5 Å². The minimum absolute atomic E-state index is 0.0497. The van der Waals surface area contributed by atoms with Crippen LogP contribution in [0, 0.1) is 0 Å². The Labute approximate surface area is 141 Å². The van der Waals surface area contributed by atoms with Crippen LogP contribution in [0.15, 0.2) is 24.3 Å². The summed E-state index contributed by atoms with van der Waals surface area (Å²) >= 11 is 0. The van der Waals surface area contributed by atoms with Gasteiger partial charge in [0.2, 0.25) is 0 Å². The lowest BCUT2D eigenvalue weighted by atomic mass is 10.1. The van der Waals surface area contributed by atoms with E-state index in [9.17, 15) is 9.13 Å². The molecule has 1 aromatic carbocycles. The Kier molecular flexibility index (Phi) is 10.6. The number of nitrogens with two attached hydrogens (primary N) is 3. The molecule has 10 N–H and O–H groups in total. The van der Waals surface area contributed by atoms with E-state index in [0.29, 0.717) is 6.54 Å². The Balaban J connectivity index is 0.000000441. The standard InChI is InChI=1S/C9H15N3.C4H12O6P2/c10-6-9(12)5-7-1-3-8(11)4-2-7;5-11(6,7)3-1-2-4-12(8,9)10/h1-4,9H,5-6,10-12H2;1-4H2,(H2,5,6,7)(H2,8,9,10). The Hall–Kier alpha value is -0.760. The summed E-state index contributed by atoms with van der Waals surface area (Å²) in [6, 6.07) is 7.75. The lowest BCUT2D eigenvalue weighted by molar-refractivity contribution is 0.364. The molecule has 0 aliphatic rings. The van der Waals surface area contributed by atoms with Crippen molar-refractivity contribution in [2.45, 2.75) is 25.3 Å². The topological polar surface area (TPSA) is 193 Å². The van der Waals surface area contributed by atoms with E-state index >= 15 is 0 Å². The first-order valence-electron chi connectivity index (χ1n) is 7.32. The zero-order chi connectivity index (χ0) is 18.8. The van der Waals surface area contributed by atoms with Crippen molar-refractivity contribution in [3.63, 3.8) is 0 Å². The molecule has 0 aliphatic carbocycles. The molecule has 0 saturated carbocycles. The molecule has 140 valence electrons. The van der Waals surface area contributed by atoms with Gasteiger partial charge >= 0.3 is 15.2 Å². The monoisotopic (exact) mass is 383 g/mol. The van der Waals surface area contributed by atoms with Crippen LogP contribution in [-0.2, 0) is 15.6 Å². The van der Waals surface area contributed by atoms with Crippen LogP contribution >= 0.6 is 15.2 Å². The second kappa shape index (κ2) is 11.0. The molecule has 1 aromatic rings. The van der Waals surface area contributed by atoms with Crippen molar-refractivity contribution >= 4 is 20.9 Å². The SMILES string of the molecule is NCC(N)Cc1ccc(N)cc1.O=P(O)(O)CCCCP(=O)(O)O. The minimum Gasteiger partial charge on any atom is -0.399 e. The fourth-order valence-corrected chi connectivity index (χ4v) is 2.95. The largest absolute Gasteiger partial charge is 0.399 e. The van der Waals surface area contributed by atoms with Gasteiger partial charge in [0.15, 0.2) is 0 Å². The molecule has 0 aromatic heterocycles. The van der Waals surface area contributed by atoms with Gasteiger partial charge in [-0.15, -0.1) is 0 Å². The van der Waals surface area contributed by atoms with Crippen LogP contribution in [-0.4, -0.2) is 44.5 Å². The first kappa shape index (κ1) is 23.2. The van der Waals surface area contributed by atoms with E-state index in [1.165, 1.54) is 5.56 Å². The second-order valence-electron chi connectivity index (χ2n) is 5.43. The normalized spacial score (nSPS) is 13.1. The van der Waals surface area contributed by atoms with E-state index in [1.807, 2.05) is 24.3 Å². The van der Waals surface area contributed by atoms with Crippen LogP contribution in [0.5, 0.6) is 0 Å². The smallest absolute Gasteiger partial charge is 0.325 e. The minimum atomic E-state index is -4.00. The highest BCUT2D eigenvalue weighted by atomic mass is 31.2. The first-order chi connectivity index (χ1) is 10.9. The molecule has 9 nitrogen and oxygen atoms in total. The third kappa shape index (κ3) is 14.8. The van der Waals surface area contributed by atoms with Gasteiger partial charge in [-0.3, -0.25) is 9.13 Å². The van der Waals surface area contributed by atoms with Crippen molar-refractivity contribution in [2.75, 3.05) is 24.6 Å². The van der Waals surface area contributed by atoms with Crippen molar-refractivity contribution in [1.29, 1.82) is 0 Å². The van der Waals surface area contributed by atoms with Crippen LogP contribution in [0.4, 0.5) is 5.69 Å². The maximum Gasteiger partial charge on any atom is 0.325 e. The van der Waals surface area contributed by atoms with Crippen molar-refractivity contribution in [3.8, 4) is 0 Å². The maximum absolute atomic E-state index is 10.3. The summed E-state index contributed by atoms with van der Waals surface area (Å²) in [5, 5.41) is 0. The maximum atomic E-state index is 10.3. The van der Waals surface area contributed by atoms with Gasteiger partial charge in [0.05, 0.1) is 0 Å². The zero-order valence-corrected chi connectivity index (χ0v) is 15.2. The van der Waals surface area contributed by atoms with Crippen LogP contribution in [0.1, 0.15) is 18.4 Å². The van der Waals surface area contributed by atoms with E-state index in [1.54, 1.807) is 0 Å². The lowest BCUT2D eigenvalue weighted by Gasteiger charge is -2.07. The highest BCUT2D eigenvalue weighted by molar-refractivity contribution is 7.52. The van der Waals surface area contributed by atoms with Gasteiger partial charge in [-0.25, -0.2) is 0 Å². The van der Waals surface area contributed by atoms with Crippen molar-refractivity contribution in [3.05, 3.63) is 29.8 Å². The number of hydrogen-bond donors (Lipinski definition) is 7. The molecule has 0 saturated heterocycles. The molecular formula is C13H27N3O6P2. The summed E-state index contributed by atoms with van der Waals surface area (Å²) in [4.78, 5) is 33.5. The van der Waals surface area contributed by atoms with E-state index in [0.717, 1.165) is 12.1 Å². The highest BCUT2D eigenvalue weighted by Crippen LogP contribution is 2.38. The molecule has 1 unspecified atom stereocenters. The predicted octanol–water partition coefficient (Wildman–Crippen LogP) is 0.219. The van der Waals surface area contributed by atoms with Crippen molar-refractivity contribution in [1.82, 2.24) is 0 Å². The van der Waals surface area contributed by atoms with Crippen LogP contribution in [0.3, 0.4) is 0 Å². The molecule has 11 heteroatoms. The summed E-state index contributed by atoms with van der Waals surface area (Å²) in [7, 11) is -8.00. The summed E-state index contributed by atoms with van der Waals surface area (Å²) in [5.74, 6) is 0. The van der Waals surface area contributed by atoms with Gasteiger partial charge in [-0.2, -0.15) is 0 Å². The highest BCUT2D eigenvalue weighted by Gasteiger charge is 2.15. The summed E-state index contributed by atoms with van der Waals surface area (Å²) in [6.07, 6.45) is 0.460. The Morgan fingerprint density at radius 1 is 0.917 bits per heavy atom. The number of nitrogen functional groups attached to an aromatic ring is 1. The Morgan fingerprint density at radius 2 is 1.33 bits per heavy atom. The summed E-state index contributed by atoms with van der Waals surface area (Å²) in [6.45, 7) is 0.518. The number of benzene rings is 1. The van der Waals surface area contributed by atoms with Gasteiger partial charge in [0.25, 0.3) is 0 Å². The molecular weight excluding hydrogens is 356 g/mol. The van der Waals surface area contributed by atoms with E-state index in [2.05, 4.69) is 0 Å². The fraction of sp³-hybridized carbons (Fsp3) is 0.538. The summed E-state index contributed by atoms with van der Waals surface area (Å²) in [5.41, 5.74) is 18.6. The first-order valence-corrected chi connectivity index (χ1v) is 10.9. The second-order valence-corrected chi connectivity index (χ2v) is 8.98.